The van der Waals surface area contributed by atoms with Crippen LogP contribution in [0.1, 0.15) is 12.0 Å². The Balaban J connectivity index is 2.32. The number of nitrogens with two attached hydrogens (primary N) is 1. The smallest absolute Gasteiger partial charge is 0.121 e. The number of anilines is 4. The molecule has 0 aliphatic heterocycles. The number of hydrogen-bond acceptors (Lipinski definition) is 6. The van der Waals surface area contributed by atoms with E-state index in [1.165, 1.54) is 0 Å². The van der Waals surface area contributed by atoms with E-state index in [0.717, 1.165) is 40.2 Å². The zero-order chi connectivity index (χ0) is 18.8. The average molecular weight is 351 g/mol. The first-order valence-corrected chi connectivity index (χ1v) is 8.43. The van der Waals surface area contributed by atoms with Crippen molar-refractivity contribution in [2.24, 2.45) is 10.7 Å². The summed E-state index contributed by atoms with van der Waals surface area (Å²) in [7, 11) is 3.58. The molecule has 0 radical (unpaired) electrons. The van der Waals surface area contributed by atoms with Crippen LogP contribution in [0.25, 0.3) is 5.57 Å². The van der Waals surface area contributed by atoms with Gasteiger partial charge in [0.2, 0.25) is 0 Å². The molecule has 0 unspecified atom stereocenters. The highest BCUT2D eigenvalue weighted by molar-refractivity contribution is 6.09. The largest absolute Gasteiger partial charge is 0.404 e. The zero-order valence-corrected chi connectivity index (χ0v) is 15.1. The number of para-hydroxylation sites is 1. The molecule has 0 heterocycles. The predicted octanol–water partition coefficient (Wildman–Crippen LogP) is 3.47. The third-order valence-corrected chi connectivity index (χ3v) is 3.82. The van der Waals surface area contributed by atoms with Gasteiger partial charge in [0.25, 0.3) is 0 Å². The molecule has 6 heteroatoms. The number of nitrogens with one attached hydrogen (secondary N) is 3. The van der Waals surface area contributed by atoms with Gasteiger partial charge in [0.05, 0.1) is 17.1 Å². The third-order valence-electron chi connectivity index (χ3n) is 3.82. The average Bonchev–Trinajstić information content (AvgIpc) is 2.67. The summed E-state index contributed by atoms with van der Waals surface area (Å²) in [6, 6.07) is 13.9. The van der Waals surface area contributed by atoms with Crippen LogP contribution in [0.3, 0.4) is 0 Å². The van der Waals surface area contributed by atoms with E-state index in [0.29, 0.717) is 13.0 Å². The van der Waals surface area contributed by atoms with E-state index in [2.05, 4.69) is 20.9 Å². The van der Waals surface area contributed by atoms with Gasteiger partial charge in [-0.25, -0.2) is 0 Å². The lowest BCUT2D eigenvalue weighted by Crippen LogP contribution is -2.07. The molecule has 26 heavy (non-hydrogen) atoms. The van der Waals surface area contributed by atoms with Crippen molar-refractivity contribution in [3.05, 3.63) is 54.2 Å². The molecule has 0 saturated heterocycles. The Kier molecular flexibility index (Phi) is 7.24. The molecule has 2 aromatic rings. The fraction of sp³-hybridized carbons (Fsp3) is 0.200. The molecule has 0 aliphatic carbocycles. The number of nitrogens with zero attached hydrogens (tertiary/aromatic N) is 1. The predicted molar refractivity (Wildman–Crippen MR) is 111 cm³/mol. The highest BCUT2D eigenvalue weighted by Gasteiger charge is 2.08. The maximum absolute atomic E-state index is 10.6. The quantitative estimate of drug-likeness (QED) is 0.315. The second-order valence-electron chi connectivity index (χ2n) is 5.58. The maximum Gasteiger partial charge on any atom is 0.121 e. The van der Waals surface area contributed by atoms with Gasteiger partial charge < -0.3 is 26.5 Å². The fourth-order valence-electron chi connectivity index (χ4n) is 2.60. The summed E-state index contributed by atoms with van der Waals surface area (Å²) in [5.74, 6) is 0. The molecule has 0 fully saturated rings. The Hall–Kier alpha value is -3.28. The van der Waals surface area contributed by atoms with Crippen LogP contribution < -0.4 is 21.7 Å². The molecule has 2 aromatic carbocycles. The molecule has 0 atom stereocenters. The van der Waals surface area contributed by atoms with Crippen molar-refractivity contribution in [1.29, 1.82) is 0 Å². The van der Waals surface area contributed by atoms with Crippen LogP contribution in [0.2, 0.25) is 0 Å². The summed E-state index contributed by atoms with van der Waals surface area (Å²) in [5.41, 5.74) is 11.3. The Morgan fingerprint density at radius 1 is 1.19 bits per heavy atom. The Morgan fingerprint density at radius 3 is 2.65 bits per heavy atom. The van der Waals surface area contributed by atoms with E-state index in [1.807, 2.05) is 49.5 Å². The van der Waals surface area contributed by atoms with Gasteiger partial charge in [0.1, 0.15) is 6.29 Å². The number of aliphatic imine (C=N–C) groups is 1. The topological polar surface area (TPSA) is 91.5 Å². The van der Waals surface area contributed by atoms with Gasteiger partial charge in [-0.3, -0.25) is 4.99 Å². The van der Waals surface area contributed by atoms with Crippen molar-refractivity contribution in [1.82, 2.24) is 0 Å². The molecule has 6 nitrogen and oxygen atoms in total. The molecule has 0 saturated carbocycles. The molecule has 5 N–H and O–H groups in total. The second-order valence-corrected chi connectivity index (χ2v) is 5.58. The van der Waals surface area contributed by atoms with Gasteiger partial charge >= 0.3 is 0 Å². The number of aldehydes is 1. The molecule has 2 rings (SSSR count). The van der Waals surface area contributed by atoms with Gasteiger partial charge in [-0.05, 0) is 29.8 Å². The third kappa shape index (κ3) is 4.86. The van der Waals surface area contributed by atoms with Gasteiger partial charge in [0.15, 0.2) is 0 Å². The van der Waals surface area contributed by atoms with Crippen molar-refractivity contribution in [3.63, 3.8) is 0 Å². The minimum absolute atomic E-state index is 0.452. The minimum Gasteiger partial charge on any atom is -0.404 e. The van der Waals surface area contributed by atoms with E-state index >= 15 is 0 Å². The van der Waals surface area contributed by atoms with Crippen LogP contribution >= 0.6 is 0 Å². The first kappa shape index (κ1) is 19.1. The fourth-order valence-corrected chi connectivity index (χ4v) is 2.60. The first-order chi connectivity index (χ1) is 12.7. The molecule has 136 valence electrons. The van der Waals surface area contributed by atoms with Crippen molar-refractivity contribution in [3.8, 4) is 0 Å². The maximum atomic E-state index is 10.6. The molecular formula is C20H25N5O. The monoisotopic (exact) mass is 351 g/mol. The number of hydrogen-bond donors (Lipinski definition) is 4. The number of carbonyl (C=O) groups excluding carboxylic acids is 1. The normalized spacial score (nSPS) is 11.4. The molecule has 0 bridgehead atoms. The summed E-state index contributed by atoms with van der Waals surface area (Å²) in [5, 5.41) is 9.92. The Labute approximate surface area is 154 Å². The van der Waals surface area contributed by atoms with Crippen LogP contribution in [0.4, 0.5) is 22.7 Å². The summed E-state index contributed by atoms with van der Waals surface area (Å²) in [4.78, 5) is 14.6. The second kappa shape index (κ2) is 9.88. The Bertz CT molecular complexity index is 799. The van der Waals surface area contributed by atoms with Crippen molar-refractivity contribution in [2.45, 2.75) is 6.42 Å². The molecule has 0 amide bonds. The molecule has 0 aliphatic rings. The Morgan fingerprint density at radius 2 is 1.96 bits per heavy atom. The minimum atomic E-state index is 0.452. The lowest BCUT2D eigenvalue weighted by molar-refractivity contribution is -0.107. The van der Waals surface area contributed by atoms with E-state index in [1.54, 1.807) is 19.5 Å². The van der Waals surface area contributed by atoms with Gasteiger partial charge in [-0.2, -0.15) is 0 Å². The van der Waals surface area contributed by atoms with Crippen LogP contribution in [-0.4, -0.2) is 33.1 Å². The number of benzene rings is 2. The lowest BCUT2D eigenvalue weighted by Gasteiger charge is -2.18. The standard InChI is InChI=1S/C20H25N5O/c1-22-14-16(13-21)15-6-3-7-17(12-15)25-19-9-4-8-18(23-2)20(19)24-10-5-11-26/h3-4,6-9,11-14,23-25H,5,10,21H2,1-2H3. The highest BCUT2D eigenvalue weighted by Crippen LogP contribution is 2.33. The first-order valence-electron chi connectivity index (χ1n) is 8.43. The van der Waals surface area contributed by atoms with Crippen molar-refractivity contribution in [2.75, 3.05) is 36.6 Å². The van der Waals surface area contributed by atoms with E-state index < -0.39 is 0 Å². The van der Waals surface area contributed by atoms with Crippen molar-refractivity contribution >= 4 is 40.8 Å². The van der Waals surface area contributed by atoms with Gasteiger partial charge in [-0.15, -0.1) is 0 Å². The van der Waals surface area contributed by atoms with E-state index in [9.17, 15) is 4.79 Å². The van der Waals surface area contributed by atoms with Crippen molar-refractivity contribution < 1.29 is 4.79 Å². The molecule has 0 aromatic heterocycles. The molecular weight excluding hydrogens is 326 g/mol. The van der Waals surface area contributed by atoms with Gasteiger partial charge in [0, 0.05) is 50.7 Å². The molecule has 0 spiro atoms. The summed E-state index contributed by atoms with van der Waals surface area (Å²) >= 11 is 0. The lowest BCUT2D eigenvalue weighted by atomic mass is 10.1. The number of carbonyl (C=O) groups is 1. The highest BCUT2D eigenvalue weighted by atomic mass is 16.1. The summed E-state index contributed by atoms with van der Waals surface area (Å²) < 4.78 is 0. The van der Waals surface area contributed by atoms with Crippen LogP contribution in [0, 0.1) is 0 Å². The SMILES string of the molecule is CN=CC(=CN)c1cccc(Nc2cccc(NC)c2NCCC=O)c1. The number of rotatable bonds is 9. The van der Waals surface area contributed by atoms with Gasteiger partial charge in [-0.1, -0.05) is 18.2 Å². The number of allylic oxidation sites excluding steroid dienone is 1. The van der Waals surface area contributed by atoms with E-state index in [4.69, 9.17) is 5.73 Å². The summed E-state index contributed by atoms with van der Waals surface area (Å²) in [6.45, 7) is 0.573. The zero-order valence-electron chi connectivity index (χ0n) is 15.1. The van der Waals surface area contributed by atoms with Crippen LogP contribution in [-0.2, 0) is 4.79 Å². The summed E-state index contributed by atoms with van der Waals surface area (Å²) in [6.07, 6.45) is 4.63. The van der Waals surface area contributed by atoms with E-state index in [-0.39, 0.29) is 0 Å². The van der Waals surface area contributed by atoms with Crippen LogP contribution in [0.5, 0.6) is 0 Å². The van der Waals surface area contributed by atoms with Crippen LogP contribution in [0.15, 0.2) is 53.7 Å².